The summed E-state index contributed by atoms with van der Waals surface area (Å²) in [5.41, 5.74) is 10.1. The van der Waals surface area contributed by atoms with Crippen molar-refractivity contribution < 1.29 is 0 Å². The standard InChI is InChI=1S/C50H39NS/c1-2-16-35(17-3-1)38-26-12-20-36-21-13-27-42(49(36)38)39-23-6-9-30-46(39)51(45-32-14-19-34-18-4-5-22-37(34)45)47-31-10-7-24-40(47)43-28-15-29-44-41-25-8-11-33-48(41)52-50(43)44/h4-15,18-33,35H,1-3,16-17H2. The average Bonchev–Trinajstić information content (AvgIpc) is 3.61. The van der Waals surface area contributed by atoms with Gasteiger partial charge in [-0.05, 0) is 70.3 Å². The summed E-state index contributed by atoms with van der Waals surface area (Å²) in [6.45, 7) is 0. The van der Waals surface area contributed by atoms with E-state index in [9.17, 15) is 0 Å². The van der Waals surface area contributed by atoms with E-state index < -0.39 is 0 Å². The molecule has 0 spiro atoms. The highest BCUT2D eigenvalue weighted by Crippen LogP contribution is 2.50. The summed E-state index contributed by atoms with van der Waals surface area (Å²) in [5.74, 6) is 0.599. The zero-order chi connectivity index (χ0) is 34.4. The van der Waals surface area contributed by atoms with Crippen molar-refractivity contribution in [3.8, 4) is 22.3 Å². The molecule has 8 aromatic carbocycles. The molecule has 0 saturated heterocycles. The van der Waals surface area contributed by atoms with Crippen LogP contribution >= 0.6 is 11.3 Å². The molecule has 52 heavy (non-hydrogen) atoms. The van der Waals surface area contributed by atoms with Gasteiger partial charge in [-0.1, -0.05) is 165 Å². The maximum absolute atomic E-state index is 2.54. The van der Waals surface area contributed by atoms with E-state index in [2.05, 4.69) is 175 Å². The minimum atomic E-state index is 0.599. The van der Waals surface area contributed by atoms with Gasteiger partial charge in [0.05, 0.1) is 17.1 Å². The summed E-state index contributed by atoms with van der Waals surface area (Å²) in [6.07, 6.45) is 6.53. The van der Waals surface area contributed by atoms with E-state index in [-0.39, 0.29) is 0 Å². The van der Waals surface area contributed by atoms with Gasteiger partial charge in [-0.25, -0.2) is 0 Å². The molecule has 1 heterocycles. The molecule has 2 heteroatoms. The molecule has 0 N–H and O–H groups in total. The second-order valence-electron chi connectivity index (χ2n) is 14.2. The van der Waals surface area contributed by atoms with Crippen molar-refractivity contribution in [3.63, 3.8) is 0 Å². The van der Waals surface area contributed by atoms with E-state index in [0.717, 1.165) is 0 Å². The Balaban J connectivity index is 1.26. The highest BCUT2D eigenvalue weighted by Gasteiger charge is 2.25. The lowest BCUT2D eigenvalue weighted by molar-refractivity contribution is 0.445. The van der Waals surface area contributed by atoms with Crippen LogP contribution in [-0.4, -0.2) is 0 Å². The summed E-state index contributed by atoms with van der Waals surface area (Å²) < 4.78 is 2.65. The van der Waals surface area contributed by atoms with Gasteiger partial charge in [0, 0.05) is 42.2 Å². The molecule has 0 radical (unpaired) electrons. The highest BCUT2D eigenvalue weighted by molar-refractivity contribution is 7.26. The summed E-state index contributed by atoms with van der Waals surface area (Å²) in [7, 11) is 0. The van der Waals surface area contributed by atoms with Crippen LogP contribution in [0.2, 0.25) is 0 Å². The lowest BCUT2D eigenvalue weighted by Gasteiger charge is -2.31. The van der Waals surface area contributed by atoms with Crippen molar-refractivity contribution >= 4 is 70.1 Å². The van der Waals surface area contributed by atoms with Gasteiger partial charge in [-0.15, -0.1) is 11.3 Å². The number of nitrogens with zero attached hydrogens (tertiary/aromatic N) is 1. The summed E-state index contributed by atoms with van der Waals surface area (Å²) in [6, 6.07) is 63.2. The Morgan fingerprint density at radius 1 is 0.404 bits per heavy atom. The van der Waals surface area contributed by atoms with Crippen molar-refractivity contribution in [1.82, 2.24) is 0 Å². The largest absolute Gasteiger partial charge is 0.309 e. The van der Waals surface area contributed by atoms with Crippen LogP contribution in [0.3, 0.4) is 0 Å². The second-order valence-corrected chi connectivity index (χ2v) is 15.3. The zero-order valence-electron chi connectivity index (χ0n) is 29.1. The molecule has 0 amide bonds. The van der Waals surface area contributed by atoms with E-state index in [1.807, 2.05) is 11.3 Å². The third-order valence-electron chi connectivity index (χ3n) is 11.3. The van der Waals surface area contributed by atoms with Gasteiger partial charge < -0.3 is 4.90 Å². The number of fused-ring (bicyclic) bond motifs is 5. The fourth-order valence-corrected chi connectivity index (χ4v) is 10.1. The van der Waals surface area contributed by atoms with Gasteiger partial charge in [0.1, 0.15) is 0 Å². The van der Waals surface area contributed by atoms with Crippen LogP contribution in [0.4, 0.5) is 17.1 Å². The Kier molecular flexibility index (Phi) is 7.84. The number of rotatable bonds is 6. The first-order valence-corrected chi connectivity index (χ1v) is 19.5. The van der Waals surface area contributed by atoms with Crippen molar-refractivity contribution in [1.29, 1.82) is 0 Å². The third-order valence-corrected chi connectivity index (χ3v) is 12.5. The molecule has 0 unspecified atom stereocenters. The topological polar surface area (TPSA) is 3.24 Å². The van der Waals surface area contributed by atoms with E-state index >= 15 is 0 Å². The Morgan fingerprint density at radius 2 is 0.942 bits per heavy atom. The van der Waals surface area contributed by atoms with Crippen LogP contribution in [0.1, 0.15) is 43.6 Å². The van der Waals surface area contributed by atoms with Gasteiger partial charge in [0.2, 0.25) is 0 Å². The molecule has 0 bridgehead atoms. The highest BCUT2D eigenvalue weighted by atomic mass is 32.1. The number of hydrogen-bond donors (Lipinski definition) is 0. The molecule has 1 saturated carbocycles. The summed E-state index contributed by atoms with van der Waals surface area (Å²) in [4.78, 5) is 2.54. The Hall–Kier alpha value is -5.70. The average molecular weight is 686 g/mol. The fraction of sp³-hybridized carbons (Fsp3) is 0.120. The predicted molar refractivity (Wildman–Crippen MR) is 226 cm³/mol. The molecule has 0 aliphatic heterocycles. The molecule has 9 aromatic rings. The number of benzene rings is 8. The van der Waals surface area contributed by atoms with Crippen LogP contribution in [0.15, 0.2) is 170 Å². The number of para-hydroxylation sites is 2. The van der Waals surface area contributed by atoms with E-state index in [1.54, 1.807) is 0 Å². The Morgan fingerprint density at radius 3 is 1.77 bits per heavy atom. The lowest BCUT2D eigenvalue weighted by atomic mass is 9.80. The SMILES string of the molecule is c1ccc(N(c2ccccc2-c2cccc3cccc(C4CCCCC4)c23)c2cccc3ccccc23)c(-c2cccc3c2sc2ccccc23)c1. The molecule has 1 nitrogen and oxygen atoms in total. The normalized spacial score (nSPS) is 13.7. The number of thiophene rings is 1. The third kappa shape index (κ3) is 5.21. The zero-order valence-corrected chi connectivity index (χ0v) is 30.0. The van der Waals surface area contributed by atoms with Crippen molar-refractivity contribution in [2.75, 3.05) is 4.90 Å². The van der Waals surface area contributed by atoms with Crippen LogP contribution < -0.4 is 4.90 Å². The van der Waals surface area contributed by atoms with Crippen LogP contribution in [0.25, 0.3) is 64.0 Å². The monoisotopic (exact) mass is 685 g/mol. The molecule has 250 valence electrons. The van der Waals surface area contributed by atoms with Gasteiger partial charge >= 0.3 is 0 Å². The first-order chi connectivity index (χ1) is 25.8. The minimum Gasteiger partial charge on any atom is -0.309 e. The van der Waals surface area contributed by atoms with Crippen molar-refractivity contribution in [2.24, 2.45) is 0 Å². The molecule has 1 fully saturated rings. The summed E-state index contributed by atoms with van der Waals surface area (Å²) >= 11 is 1.90. The quantitative estimate of drug-likeness (QED) is 0.168. The molecule has 1 aliphatic carbocycles. The van der Waals surface area contributed by atoms with Gasteiger partial charge in [-0.2, -0.15) is 0 Å². The van der Waals surface area contributed by atoms with E-state index in [1.165, 1.54) is 119 Å². The van der Waals surface area contributed by atoms with Gasteiger partial charge in [0.25, 0.3) is 0 Å². The molecular formula is C50H39NS. The first-order valence-electron chi connectivity index (χ1n) is 18.7. The van der Waals surface area contributed by atoms with E-state index in [0.29, 0.717) is 5.92 Å². The second kappa shape index (κ2) is 13.1. The Bertz CT molecular complexity index is 2740. The van der Waals surface area contributed by atoms with Gasteiger partial charge in [0.15, 0.2) is 0 Å². The number of hydrogen-bond acceptors (Lipinski definition) is 2. The first kappa shape index (κ1) is 31.1. The minimum absolute atomic E-state index is 0.599. The van der Waals surface area contributed by atoms with Crippen LogP contribution in [0.5, 0.6) is 0 Å². The van der Waals surface area contributed by atoms with Crippen LogP contribution in [-0.2, 0) is 0 Å². The molecule has 1 aliphatic rings. The fourth-order valence-electron chi connectivity index (χ4n) is 8.89. The van der Waals surface area contributed by atoms with Crippen LogP contribution in [0, 0.1) is 0 Å². The van der Waals surface area contributed by atoms with Crippen molar-refractivity contribution in [3.05, 3.63) is 175 Å². The molecular weight excluding hydrogens is 647 g/mol. The Labute approximate surface area is 309 Å². The lowest BCUT2D eigenvalue weighted by Crippen LogP contribution is -2.13. The summed E-state index contributed by atoms with van der Waals surface area (Å²) in [5, 5.41) is 7.83. The smallest absolute Gasteiger partial charge is 0.0541 e. The molecule has 10 rings (SSSR count). The van der Waals surface area contributed by atoms with E-state index in [4.69, 9.17) is 0 Å². The van der Waals surface area contributed by atoms with Crippen molar-refractivity contribution in [2.45, 2.75) is 38.0 Å². The maximum atomic E-state index is 2.54. The predicted octanol–water partition coefficient (Wildman–Crippen LogP) is 15.2. The molecule has 0 atom stereocenters. The number of anilines is 3. The molecule has 1 aromatic heterocycles. The maximum Gasteiger partial charge on any atom is 0.0541 e. The van der Waals surface area contributed by atoms with Gasteiger partial charge in [-0.3, -0.25) is 0 Å².